The summed E-state index contributed by atoms with van der Waals surface area (Å²) in [5, 5.41) is 17.2. The Labute approximate surface area is 122 Å². The summed E-state index contributed by atoms with van der Waals surface area (Å²) in [6.45, 7) is 5.22. The molecular weight excluding hydrogens is 272 g/mol. The molecule has 2 heterocycles. The molecule has 0 amide bonds. The Balaban J connectivity index is 2.15. The monoisotopic (exact) mass is 290 g/mol. The Hall–Kier alpha value is -2.64. The van der Waals surface area contributed by atoms with Gasteiger partial charge in [0.05, 0.1) is 11.3 Å². The summed E-state index contributed by atoms with van der Waals surface area (Å²) in [6, 6.07) is 3.03. The number of aromatic nitrogens is 3. The lowest BCUT2D eigenvalue weighted by Crippen LogP contribution is -2.22. The number of imidazole rings is 1. The van der Waals surface area contributed by atoms with Gasteiger partial charge in [0.25, 0.3) is 0 Å². The van der Waals surface area contributed by atoms with Gasteiger partial charge in [0, 0.05) is 37.6 Å². The fraction of sp³-hybridized carbons (Fsp3) is 0.385. The zero-order chi connectivity index (χ0) is 15.2. The molecule has 0 fully saturated rings. The molecule has 0 saturated heterocycles. The second-order valence-corrected chi connectivity index (χ2v) is 4.66. The maximum Gasteiger partial charge on any atom is 0.311 e. The molecule has 0 aliphatic rings. The average Bonchev–Trinajstić information content (AvgIpc) is 2.91. The van der Waals surface area contributed by atoms with E-state index in [-0.39, 0.29) is 17.5 Å². The lowest BCUT2D eigenvalue weighted by molar-refractivity contribution is -0.384. The summed E-state index contributed by atoms with van der Waals surface area (Å²) >= 11 is 0. The third-order valence-electron chi connectivity index (χ3n) is 2.86. The number of nitrogens with one attached hydrogen (secondary N) is 2. The molecule has 0 bridgehead atoms. The molecule has 0 spiro atoms. The van der Waals surface area contributed by atoms with Crippen molar-refractivity contribution in [1.29, 1.82) is 0 Å². The largest absolute Gasteiger partial charge is 0.370 e. The number of pyridine rings is 1. The first-order valence-electron chi connectivity index (χ1n) is 6.71. The van der Waals surface area contributed by atoms with Crippen LogP contribution in [0.4, 0.5) is 17.3 Å². The van der Waals surface area contributed by atoms with Crippen LogP contribution in [0.3, 0.4) is 0 Å². The van der Waals surface area contributed by atoms with Gasteiger partial charge in [-0.2, -0.15) is 0 Å². The lowest BCUT2D eigenvalue weighted by Gasteiger charge is -2.15. The molecule has 8 nitrogen and oxygen atoms in total. The van der Waals surface area contributed by atoms with E-state index in [0.29, 0.717) is 18.9 Å². The first-order chi connectivity index (χ1) is 10.1. The molecule has 2 aromatic rings. The van der Waals surface area contributed by atoms with Gasteiger partial charge >= 0.3 is 5.69 Å². The molecule has 1 unspecified atom stereocenters. The van der Waals surface area contributed by atoms with Crippen LogP contribution in [0.2, 0.25) is 0 Å². The van der Waals surface area contributed by atoms with E-state index in [1.54, 1.807) is 18.6 Å². The summed E-state index contributed by atoms with van der Waals surface area (Å²) < 4.78 is 1.90. The minimum Gasteiger partial charge on any atom is -0.370 e. The van der Waals surface area contributed by atoms with Gasteiger partial charge in [0.15, 0.2) is 0 Å². The number of anilines is 2. The van der Waals surface area contributed by atoms with Crippen LogP contribution in [0, 0.1) is 10.1 Å². The number of rotatable bonds is 7. The van der Waals surface area contributed by atoms with Gasteiger partial charge in [-0.1, -0.05) is 0 Å². The smallest absolute Gasteiger partial charge is 0.311 e. The molecular formula is C13H18N6O2. The van der Waals surface area contributed by atoms with E-state index in [9.17, 15) is 10.1 Å². The molecule has 0 aliphatic carbocycles. The number of nitrogens with zero attached hydrogens (tertiary/aromatic N) is 4. The van der Waals surface area contributed by atoms with Gasteiger partial charge in [-0.3, -0.25) is 10.1 Å². The predicted molar refractivity (Wildman–Crippen MR) is 80.4 cm³/mol. The van der Waals surface area contributed by atoms with Gasteiger partial charge in [-0.25, -0.2) is 9.97 Å². The van der Waals surface area contributed by atoms with E-state index in [1.165, 1.54) is 6.07 Å². The minimum absolute atomic E-state index is 0.0257. The van der Waals surface area contributed by atoms with Gasteiger partial charge in [0.2, 0.25) is 5.82 Å². The second kappa shape index (κ2) is 6.69. The van der Waals surface area contributed by atoms with Crippen molar-refractivity contribution in [2.75, 3.05) is 17.2 Å². The normalized spacial score (nSPS) is 11.9. The van der Waals surface area contributed by atoms with Crippen molar-refractivity contribution >= 4 is 17.3 Å². The number of nitro groups is 1. The Kier molecular flexibility index (Phi) is 4.70. The van der Waals surface area contributed by atoms with Crippen molar-refractivity contribution in [3.05, 3.63) is 41.0 Å². The highest BCUT2D eigenvalue weighted by atomic mass is 16.6. The first-order valence-corrected chi connectivity index (χ1v) is 6.71. The molecule has 2 N–H and O–H groups in total. The van der Waals surface area contributed by atoms with Crippen LogP contribution in [-0.4, -0.2) is 32.0 Å². The quantitative estimate of drug-likeness (QED) is 0.598. The molecule has 1 atom stereocenters. The fourth-order valence-electron chi connectivity index (χ4n) is 1.97. The van der Waals surface area contributed by atoms with Crippen LogP contribution in [0.15, 0.2) is 30.9 Å². The molecule has 2 aromatic heterocycles. The lowest BCUT2D eigenvalue weighted by atomic mass is 10.3. The third-order valence-corrected chi connectivity index (χ3v) is 2.86. The Morgan fingerprint density at radius 1 is 1.48 bits per heavy atom. The molecule has 2 rings (SSSR count). The Morgan fingerprint density at radius 3 is 2.90 bits per heavy atom. The molecule has 21 heavy (non-hydrogen) atoms. The fourth-order valence-corrected chi connectivity index (χ4v) is 1.97. The van der Waals surface area contributed by atoms with Crippen molar-refractivity contribution in [1.82, 2.24) is 14.5 Å². The van der Waals surface area contributed by atoms with Crippen molar-refractivity contribution in [3.8, 4) is 0 Å². The highest BCUT2D eigenvalue weighted by molar-refractivity contribution is 5.60. The summed E-state index contributed by atoms with van der Waals surface area (Å²) in [4.78, 5) is 18.9. The highest BCUT2D eigenvalue weighted by Crippen LogP contribution is 2.24. The summed E-state index contributed by atoms with van der Waals surface area (Å²) in [5.41, 5.74) is -0.0332. The summed E-state index contributed by atoms with van der Waals surface area (Å²) in [7, 11) is 0. The van der Waals surface area contributed by atoms with E-state index in [0.717, 1.165) is 0 Å². The molecule has 0 aromatic carbocycles. The SMILES string of the molecule is CCNc1ccc([N+](=O)[O-])c(NC(C)Cn2ccnc2)n1. The number of hydrogen-bond acceptors (Lipinski definition) is 6. The second-order valence-electron chi connectivity index (χ2n) is 4.66. The molecule has 0 aliphatic heterocycles. The third kappa shape index (κ3) is 3.91. The van der Waals surface area contributed by atoms with Gasteiger partial charge < -0.3 is 15.2 Å². The molecule has 112 valence electrons. The molecule has 0 radical (unpaired) electrons. The van der Waals surface area contributed by atoms with E-state index < -0.39 is 4.92 Å². The van der Waals surface area contributed by atoms with Crippen LogP contribution in [0.5, 0.6) is 0 Å². The van der Waals surface area contributed by atoms with E-state index in [1.807, 2.05) is 24.6 Å². The molecule has 8 heteroatoms. The van der Waals surface area contributed by atoms with Crippen molar-refractivity contribution < 1.29 is 4.92 Å². The zero-order valence-electron chi connectivity index (χ0n) is 12.0. The average molecular weight is 290 g/mol. The Morgan fingerprint density at radius 2 is 2.29 bits per heavy atom. The van der Waals surface area contributed by atoms with Gasteiger partial charge in [-0.05, 0) is 19.9 Å². The van der Waals surface area contributed by atoms with E-state index >= 15 is 0 Å². The van der Waals surface area contributed by atoms with Gasteiger partial charge in [0.1, 0.15) is 5.82 Å². The zero-order valence-corrected chi connectivity index (χ0v) is 12.0. The van der Waals surface area contributed by atoms with Crippen LogP contribution in [0.1, 0.15) is 13.8 Å². The van der Waals surface area contributed by atoms with Crippen molar-refractivity contribution in [3.63, 3.8) is 0 Å². The van der Waals surface area contributed by atoms with E-state index in [2.05, 4.69) is 20.6 Å². The highest BCUT2D eigenvalue weighted by Gasteiger charge is 2.17. The molecule has 0 saturated carbocycles. The van der Waals surface area contributed by atoms with Crippen LogP contribution in [-0.2, 0) is 6.54 Å². The van der Waals surface area contributed by atoms with E-state index in [4.69, 9.17) is 0 Å². The first kappa shape index (κ1) is 14.8. The standard InChI is InChI=1S/C13H18N6O2/c1-3-15-12-5-4-11(19(20)21)13(17-12)16-10(2)8-18-7-6-14-9-18/h4-7,9-10H,3,8H2,1-2H3,(H2,15,16,17). The van der Waals surface area contributed by atoms with Crippen molar-refractivity contribution in [2.24, 2.45) is 0 Å². The maximum atomic E-state index is 11.1. The van der Waals surface area contributed by atoms with Crippen molar-refractivity contribution in [2.45, 2.75) is 26.4 Å². The van der Waals surface area contributed by atoms with Crippen LogP contribution >= 0.6 is 0 Å². The van der Waals surface area contributed by atoms with Gasteiger partial charge in [-0.15, -0.1) is 0 Å². The summed E-state index contributed by atoms with van der Waals surface area (Å²) in [6.07, 6.45) is 5.24. The number of hydrogen-bond donors (Lipinski definition) is 2. The predicted octanol–water partition coefficient (Wildman–Crippen LogP) is 2.12. The van der Waals surface area contributed by atoms with Crippen LogP contribution < -0.4 is 10.6 Å². The topological polar surface area (TPSA) is 97.9 Å². The summed E-state index contributed by atoms with van der Waals surface area (Å²) in [5.74, 6) is 0.881. The maximum absolute atomic E-state index is 11.1. The minimum atomic E-state index is -0.436. The Bertz CT molecular complexity index is 599. The van der Waals surface area contributed by atoms with Crippen LogP contribution in [0.25, 0.3) is 0 Å².